The highest BCUT2D eigenvalue weighted by atomic mass is 16.7. The highest BCUT2D eigenvalue weighted by molar-refractivity contribution is 5.74. The topological polar surface area (TPSA) is 183 Å². The van der Waals surface area contributed by atoms with Gasteiger partial charge in [0, 0.05) is 33.3 Å². The molecule has 2 aromatic heterocycles. The Bertz CT molecular complexity index is 1670. The molecule has 0 N–H and O–H groups in total. The van der Waals surface area contributed by atoms with Crippen molar-refractivity contribution in [3.63, 3.8) is 0 Å². The molecular weight excluding hydrogens is 592 g/mol. The van der Waals surface area contributed by atoms with Gasteiger partial charge in [-0.1, -0.05) is 0 Å². The fourth-order valence-corrected chi connectivity index (χ4v) is 5.01. The van der Waals surface area contributed by atoms with E-state index < -0.39 is 66.7 Å². The third-order valence-corrected chi connectivity index (χ3v) is 6.75. The molecule has 0 radical (unpaired) electrons. The van der Waals surface area contributed by atoms with Crippen LogP contribution in [0.15, 0.2) is 57.9 Å². The van der Waals surface area contributed by atoms with Crippen molar-refractivity contribution in [1.82, 2.24) is 4.57 Å². The average molecular weight is 623 g/mol. The SMILES string of the molecule is COc1ccc(-c2cc(-c3ccco3)c(C#N)c(=O)n2[C@@H]2O[C@H](COC(C)=O)[C@H](OC(C)=O)[C@H](OC(C)=O)[C@@H]2OC(C)=O)cc1. The molecule has 5 atom stereocenters. The second kappa shape index (κ2) is 13.9. The lowest BCUT2D eigenvalue weighted by Gasteiger charge is -2.45. The number of pyridine rings is 1. The second-order valence-electron chi connectivity index (χ2n) is 9.90. The van der Waals surface area contributed by atoms with Gasteiger partial charge in [0.25, 0.3) is 5.56 Å². The minimum absolute atomic E-state index is 0.167. The summed E-state index contributed by atoms with van der Waals surface area (Å²) < 4.78 is 39.8. The zero-order valence-electron chi connectivity index (χ0n) is 25.0. The van der Waals surface area contributed by atoms with Crippen LogP contribution in [0.25, 0.3) is 22.6 Å². The number of carbonyl (C=O) groups excluding carboxylic acids is 4. The Labute approximate surface area is 256 Å². The summed E-state index contributed by atoms with van der Waals surface area (Å²) in [5, 5.41) is 10.1. The summed E-state index contributed by atoms with van der Waals surface area (Å²) in [6, 6.07) is 13.2. The normalized spacial score (nSPS) is 20.8. The van der Waals surface area contributed by atoms with Crippen LogP contribution in [-0.4, -0.2) is 66.6 Å². The number of benzene rings is 1. The summed E-state index contributed by atoms with van der Waals surface area (Å²) >= 11 is 0. The molecule has 0 aliphatic carbocycles. The number of rotatable bonds is 9. The summed E-state index contributed by atoms with van der Waals surface area (Å²) in [4.78, 5) is 63.0. The molecule has 3 heterocycles. The third-order valence-electron chi connectivity index (χ3n) is 6.75. The molecular formula is C31H30N2O12. The average Bonchev–Trinajstić information content (AvgIpc) is 3.52. The molecule has 14 nitrogen and oxygen atoms in total. The number of hydrogen-bond donors (Lipinski definition) is 0. The van der Waals surface area contributed by atoms with Crippen molar-refractivity contribution in [1.29, 1.82) is 5.26 Å². The van der Waals surface area contributed by atoms with E-state index in [0.717, 1.165) is 32.3 Å². The molecule has 4 rings (SSSR count). The highest BCUT2D eigenvalue weighted by Gasteiger charge is 2.53. The zero-order valence-corrected chi connectivity index (χ0v) is 25.0. The molecule has 1 aliphatic heterocycles. The molecule has 45 heavy (non-hydrogen) atoms. The maximum atomic E-state index is 14.3. The first kappa shape index (κ1) is 32.5. The summed E-state index contributed by atoms with van der Waals surface area (Å²) in [6.07, 6.45) is -6.13. The van der Waals surface area contributed by atoms with Crippen LogP contribution in [0.4, 0.5) is 0 Å². The van der Waals surface area contributed by atoms with Crippen molar-refractivity contribution in [2.45, 2.75) is 58.3 Å². The van der Waals surface area contributed by atoms with E-state index in [1.165, 1.54) is 19.4 Å². The highest BCUT2D eigenvalue weighted by Crippen LogP contribution is 2.38. The number of hydrogen-bond acceptors (Lipinski definition) is 13. The first-order valence-corrected chi connectivity index (χ1v) is 13.6. The molecule has 1 saturated heterocycles. The van der Waals surface area contributed by atoms with E-state index in [1.54, 1.807) is 36.4 Å². The van der Waals surface area contributed by atoms with Crippen molar-refractivity contribution in [3.05, 3.63) is 64.6 Å². The molecule has 0 amide bonds. The van der Waals surface area contributed by atoms with Gasteiger partial charge in [-0.05, 0) is 48.0 Å². The second-order valence-corrected chi connectivity index (χ2v) is 9.90. The lowest BCUT2D eigenvalue weighted by molar-refractivity contribution is -0.268. The van der Waals surface area contributed by atoms with Gasteiger partial charge < -0.3 is 32.8 Å². The summed E-state index contributed by atoms with van der Waals surface area (Å²) in [7, 11) is 1.49. The van der Waals surface area contributed by atoms with Crippen LogP contribution >= 0.6 is 0 Å². The molecule has 1 aromatic carbocycles. The van der Waals surface area contributed by atoms with Crippen molar-refractivity contribution in [2.24, 2.45) is 0 Å². The number of furan rings is 1. The first-order chi connectivity index (χ1) is 21.4. The van der Waals surface area contributed by atoms with E-state index in [-0.39, 0.29) is 22.6 Å². The van der Waals surface area contributed by atoms with Crippen LogP contribution in [0.1, 0.15) is 39.5 Å². The number of esters is 4. The predicted octanol–water partition coefficient (Wildman–Crippen LogP) is 2.91. The van der Waals surface area contributed by atoms with Crippen molar-refractivity contribution in [2.75, 3.05) is 13.7 Å². The van der Waals surface area contributed by atoms with Crippen LogP contribution in [0.3, 0.4) is 0 Å². The fourth-order valence-electron chi connectivity index (χ4n) is 5.01. The van der Waals surface area contributed by atoms with Gasteiger partial charge in [-0.15, -0.1) is 0 Å². The Morgan fingerprint density at radius 2 is 1.51 bits per heavy atom. The largest absolute Gasteiger partial charge is 0.497 e. The standard InChI is InChI=1S/C31H30N2O12/c1-16(34)41-15-26-27(42-17(2)35)28(43-18(3)36)29(44-19(4)37)31(45-26)33-24(20-8-10-21(39-5)11-9-20)13-22(23(14-32)30(33)38)25-7-6-12-40-25/h6-13,26-29,31H,15H2,1-5H3/t26-,27+,28+,29+,31-/m1/s1. The smallest absolute Gasteiger partial charge is 0.303 e. The van der Waals surface area contributed by atoms with Gasteiger partial charge in [-0.2, -0.15) is 5.26 Å². The van der Waals surface area contributed by atoms with Crippen molar-refractivity contribution < 1.29 is 52.0 Å². The zero-order chi connectivity index (χ0) is 32.8. The van der Waals surface area contributed by atoms with Gasteiger partial charge in [0.1, 0.15) is 35.9 Å². The number of nitriles is 1. The molecule has 3 aromatic rings. The molecule has 1 fully saturated rings. The van der Waals surface area contributed by atoms with Gasteiger partial charge in [0.15, 0.2) is 24.5 Å². The van der Waals surface area contributed by atoms with E-state index >= 15 is 0 Å². The predicted molar refractivity (Wildman–Crippen MR) is 152 cm³/mol. The molecule has 0 saturated carbocycles. The van der Waals surface area contributed by atoms with E-state index in [0.29, 0.717) is 11.3 Å². The van der Waals surface area contributed by atoms with Crippen LogP contribution < -0.4 is 10.3 Å². The van der Waals surface area contributed by atoms with Crippen LogP contribution in [0.5, 0.6) is 5.75 Å². The summed E-state index contributed by atoms with van der Waals surface area (Å²) in [6.45, 7) is 3.91. The molecule has 0 bridgehead atoms. The van der Waals surface area contributed by atoms with Gasteiger partial charge in [0.05, 0.1) is 19.1 Å². The van der Waals surface area contributed by atoms with Crippen LogP contribution in [0.2, 0.25) is 0 Å². The van der Waals surface area contributed by atoms with Gasteiger partial charge >= 0.3 is 23.9 Å². The van der Waals surface area contributed by atoms with Crippen LogP contribution in [-0.2, 0) is 42.9 Å². The van der Waals surface area contributed by atoms with Gasteiger partial charge in [-0.25, -0.2) is 0 Å². The molecule has 0 spiro atoms. The minimum Gasteiger partial charge on any atom is -0.497 e. The Balaban J connectivity index is 2.04. The number of carbonyl (C=O) groups is 4. The Morgan fingerprint density at radius 1 is 0.889 bits per heavy atom. The van der Waals surface area contributed by atoms with Crippen LogP contribution in [0, 0.1) is 11.3 Å². The monoisotopic (exact) mass is 622 g/mol. The molecule has 236 valence electrons. The maximum Gasteiger partial charge on any atom is 0.303 e. The molecule has 14 heteroatoms. The molecule has 0 unspecified atom stereocenters. The lowest BCUT2D eigenvalue weighted by Crippen LogP contribution is -2.61. The Kier molecular flexibility index (Phi) is 10.0. The van der Waals surface area contributed by atoms with E-state index in [1.807, 2.05) is 6.07 Å². The summed E-state index contributed by atoms with van der Waals surface area (Å²) in [5.74, 6) is -2.45. The maximum absolute atomic E-state index is 14.3. The number of aromatic nitrogens is 1. The molecule has 1 aliphatic rings. The van der Waals surface area contributed by atoms with Crippen molar-refractivity contribution in [3.8, 4) is 34.4 Å². The fraction of sp³-hybridized carbons (Fsp3) is 0.355. The Morgan fingerprint density at radius 3 is 2.04 bits per heavy atom. The Hall–Kier alpha value is -5.42. The number of nitrogens with zero attached hydrogens (tertiary/aromatic N) is 2. The summed E-state index contributed by atoms with van der Waals surface area (Å²) in [5.41, 5.74) is -0.430. The lowest BCUT2D eigenvalue weighted by atomic mass is 9.95. The van der Waals surface area contributed by atoms with Gasteiger partial charge in [-0.3, -0.25) is 28.5 Å². The van der Waals surface area contributed by atoms with Crippen molar-refractivity contribution >= 4 is 23.9 Å². The van der Waals surface area contributed by atoms with E-state index in [4.69, 9.17) is 32.8 Å². The third kappa shape index (κ3) is 7.22. The number of ether oxygens (including phenoxy) is 6. The number of methoxy groups -OCH3 is 1. The van der Waals surface area contributed by atoms with E-state index in [2.05, 4.69) is 0 Å². The van der Waals surface area contributed by atoms with E-state index in [9.17, 15) is 29.2 Å². The van der Waals surface area contributed by atoms with Gasteiger partial charge in [0.2, 0.25) is 0 Å². The first-order valence-electron chi connectivity index (χ1n) is 13.6. The minimum atomic E-state index is -1.60. The quantitative estimate of drug-likeness (QED) is 0.251.